The summed E-state index contributed by atoms with van der Waals surface area (Å²) in [5.41, 5.74) is 1.10. The Kier molecular flexibility index (Phi) is 2.60. The average Bonchev–Trinajstić information content (AvgIpc) is 2.75. The number of aromatic nitrogens is 2. The van der Waals surface area contributed by atoms with Gasteiger partial charge >= 0.3 is 0 Å². The van der Waals surface area contributed by atoms with Crippen LogP contribution in [0.4, 0.5) is 0 Å². The van der Waals surface area contributed by atoms with Crippen LogP contribution in [-0.4, -0.2) is 9.38 Å². The molecule has 1 aliphatic carbocycles. The number of hydrogen-bond acceptors (Lipinski definition) is 1. The lowest BCUT2D eigenvalue weighted by Gasteiger charge is -2.20. The second kappa shape index (κ2) is 4.10. The molecule has 0 saturated heterocycles. The number of halogens is 1. The van der Waals surface area contributed by atoms with Gasteiger partial charge in [0.05, 0.1) is 11.7 Å². The van der Waals surface area contributed by atoms with Gasteiger partial charge in [0.2, 0.25) is 0 Å². The standard InChI is InChI=1S/C13H15ClN2/c14-12-8-4-7-11-9-15-13(16(11)12)10-5-2-1-3-6-10/h4,7-10H,1-3,5-6H2. The highest BCUT2D eigenvalue weighted by Gasteiger charge is 2.20. The minimum absolute atomic E-state index is 0.594. The van der Waals surface area contributed by atoms with Gasteiger partial charge in [-0.2, -0.15) is 0 Å². The van der Waals surface area contributed by atoms with Crippen molar-refractivity contribution in [3.8, 4) is 0 Å². The van der Waals surface area contributed by atoms with Crippen molar-refractivity contribution in [2.24, 2.45) is 0 Å². The molecule has 2 aromatic heterocycles. The summed E-state index contributed by atoms with van der Waals surface area (Å²) in [6, 6.07) is 5.97. The van der Waals surface area contributed by atoms with E-state index in [0.29, 0.717) is 5.92 Å². The van der Waals surface area contributed by atoms with Crippen molar-refractivity contribution in [1.82, 2.24) is 9.38 Å². The third-order valence-electron chi connectivity index (χ3n) is 3.50. The molecule has 0 unspecified atom stereocenters. The summed E-state index contributed by atoms with van der Waals surface area (Å²) < 4.78 is 2.09. The number of pyridine rings is 1. The van der Waals surface area contributed by atoms with E-state index in [9.17, 15) is 0 Å². The van der Waals surface area contributed by atoms with Crippen molar-refractivity contribution in [1.29, 1.82) is 0 Å². The van der Waals surface area contributed by atoms with Crippen molar-refractivity contribution >= 4 is 17.1 Å². The van der Waals surface area contributed by atoms with Gasteiger partial charge in [-0.3, -0.25) is 4.40 Å². The second-order valence-electron chi connectivity index (χ2n) is 4.56. The Morgan fingerprint density at radius 3 is 2.81 bits per heavy atom. The van der Waals surface area contributed by atoms with E-state index in [4.69, 9.17) is 11.6 Å². The highest BCUT2D eigenvalue weighted by molar-refractivity contribution is 6.29. The molecule has 0 spiro atoms. The van der Waals surface area contributed by atoms with E-state index >= 15 is 0 Å². The first-order valence-electron chi connectivity index (χ1n) is 5.98. The van der Waals surface area contributed by atoms with Crippen LogP contribution in [0.15, 0.2) is 24.4 Å². The summed E-state index contributed by atoms with van der Waals surface area (Å²) in [6.07, 6.45) is 8.45. The van der Waals surface area contributed by atoms with E-state index in [1.807, 2.05) is 18.3 Å². The maximum absolute atomic E-state index is 6.25. The van der Waals surface area contributed by atoms with Gasteiger partial charge in [-0.1, -0.05) is 36.9 Å². The third-order valence-corrected chi connectivity index (χ3v) is 3.80. The van der Waals surface area contributed by atoms with Gasteiger partial charge in [0.25, 0.3) is 0 Å². The zero-order valence-electron chi connectivity index (χ0n) is 9.19. The van der Waals surface area contributed by atoms with Crippen LogP contribution in [0.25, 0.3) is 5.52 Å². The number of hydrogen-bond donors (Lipinski definition) is 0. The Balaban J connectivity index is 2.09. The quantitative estimate of drug-likeness (QED) is 0.681. The molecule has 0 bridgehead atoms. The molecule has 0 N–H and O–H groups in total. The molecular weight excluding hydrogens is 220 g/mol. The van der Waals surface area contributed by atoms with E-state index in [1.165, 1.54) is 32.1 Å². The molecule has 2 aromatic rings. The molecule has 0 aromatic carbocycles. The van der Waals surface area contributed by atoms with Gasteiger partial charge in [0.15, 0.2) is 0 Å². The third kappa shape index (κ3) is 1.61. The van der Waals surface area contributed by atoms with Crippen LogP contribution in [-0.2, 0) is 0 Å². The van der Waals surface area contributed by atoms with Gasteiger partial charge in [-0.15, -0.1) is 0 Å². The summed E-state index contributed by atoms with van der Waals surface area (Å²) in [6.45, 7) is 0. The van der Waals surface area contributed by atoms with Crippen LogP contribution in [0.2, 0.25) is 5.15 Å². The van der Waals surface area contributed by atoms with Gasteiger partial charge in [0, 0.05) is 5.92 Å². The zero-order valence-corrected chi connectivity index (χ0v) is 9.95. The first kappa shape index (κ1) is 10.2. The van der Waals surface area contributed by atoms with E-state index in [1.54, 1.807) is 0 Å². The predicted molar refractivity (Wildman–Crippen MR) is 66.0 cm³/mol. The van der Waals surface area contributed by atoms with E-state index in [2.05, 4.69) is 15.5 Å². The van der Waals surface area contributed by atoms with E-state index in [0.717, 1.165) is 16.5 Å². The average molecular weight is 235 g/mol. The highest BCUT2D eigenvalue weighted by atomic mass is 35.5. The minimum atomic E-state index is 0.594. The molecule has 3 rings (SSSR count). The first-order chi connectivity index (χ1) is 7.86. The summed E-state index contributed by atoms with van der Waals surface area (Å²) >= 11 is 6.25. The molecule has 3 heteroatoms. The van der Waals surface area contributed by atoms with E-state index < -0.39 is 0 Å². The molecule has 1 saturated carbocycles. The highest BCUT2D eigenvalue weighted by Crippen LogP contribution is 2.33. The van der Waals surface area contributed by atoms with Crippen molar-refractivity contribution < 1.29 is 0 Å². The topological polar surface area (TPSA) is 17.3 Å². The summed E-state index contributed by atoms with van der Waals surface area (Å²) in [7, 11) is 0. The largest absolute Gasteiger partial charge is 0.287 e. The summed E-state index contributed by atoms with van der Waals surface area (Å²) in [5, 5.41) is 0.774. The summed E-state index contributed by atoms with van der Waals surface area (Å²) in [4.78, 5) is 4.56. The van der Waals surface area contributed by atoms with Crippen LogP contribution < -0.4 is 0 Å². The lowest BCUT2D eigenvalue weighted by atomic mass is 9.89. The zero-order chi connectivity index (χ0) is 11.0. The molecule has 0 aliphatic heterocycles. The van der Waals surface area contributed by atoms with Crippen molar-refractivity contribution in [3.05, 3.63) is 35.4 Å². The van der Waals surface area contributed by atoms with Crippen LogP contribution >= 0.6 is 11.6 Å². The van der Waals surface area contributed by atoms with Crippen molar-refractivity contribution in [2.45, 2.75) is 38.0 Å². The fraction of sp³-hybridized carbons (Fsp3) is 0.462. The van der Waals surface area contributed by atoms with Gasteiger partial charge in [-0.05, 0) is 25.0 Å². The first-order valence-corrected chi connectivity index (χ1v) is 6.36. The Labute approximate surface area is 100 Å². The molecule has 1 fully saturated rings. The Morgan fingerprint density at radius 2 is 2.00 bits per heavy atom. The molecular formula is C13H15ClN2. The normalized spacial score (nSPS) is 18.1. The Morgan fingerprint density at radius 1 is 1.19 bits per heavy atom. The second-order valence-corrected chi connectivity index (χ2v) is 4.95. The fourth-order valence-electron chi connectivity index (χ4n) is 2.68. The van der Waals surface area contributed by atoms with Crippen LogP contribution in [0.1, 0.15) is 43.8 Å². The maximum atomic E-state index is 6.25. The molecule has 0 radical (unpaired) electrons. The monoisotopic (exact) mass is 234 g/mol. The molecule has 0 atom stereocenters. The summed E-state index contributed by atoms with van der Waals surface area (Å²) in [5.74, 6) is 1.75. The molecule has 0 amide bonds. The molecule has 2 heterocycles. The molecule has 84 valence electrons. The number of rotatable bonds is 1. The van der Waals surface area contributed by atoms with Gasteiger partial charge in [0.1, 0.15) is 11.0 Å². The van der Waals surface area contributed by atoms with Crippen molar-refractivity contribution in [2.75, 3.05) is 0 Å². The fourth-order valence-corrected chi connectivity index (χ4v) is 2.94. The SMILES string of the molecule is Clc1cccc2cnc(C3CCCCC3)n12. The lowest BCUT2D eigenvalue weighted by molar-refractivity contribution is 0.428. The van der Waals surface area contributed by atoms with Crippen LogP contribution in [0, 0.1) is 0 Å². The van der Waals surface area contributed by atoms with Gasteiger partial charge < -0.3 is 0 Å². The minimum Gasteiger partial charge on any atom is -0.287 e. The predicted octanol–water partition coefficient (Wildman–Crippen LogP) is 4.04. The number of imidazole rings is 1. The van der Waals surface area contributed by atoms with Gasteiger partial charge in [-0.25, -0.2) is 4.98 Å². The van der Waals surface area contributed by atoms with Crippen LogP contribution in [0.5, 0.6) is 0 Å². The molecule has 2 nitrogen and oxygen atoms in total. The van der Waals surface area contributed by atoms with Crippen LogP contribution in [0.3, 0.4) is 0 Å². The lowest BCUT2D eigenvalue weighted by Crippen LogP contribution is -2.08. The van der Waals surface area contributed by atoms with E-state index in [-0.39, 0.29) is 0 Å². The maximum Gasteiger partial charge on any atom is 0.117 e. The molecule has 16 heavy (non-hydrogen) atoms. The number of fused-ring (bicyclic) bond motifs is 1. The van der Waals surface area contributed by atoms with Crippen molar-refractivity contribution in [3.63, 3.8) is 0 Å². The number of nitrogens with zero attached hydrogens (tertiary/aromatic N) is 2. The molecule has 1 aliphatic rings. The smallest absolute Gasteiger partial charge is 0.117 e. The Hall–Kier alpha value is -1.02. The Bertz CT molecular complexity index is 498.